The third kappa shape index (κ3) is 7.50. The lowest BCUT2D eigenvalue weighted by Gasteiger charge is -2.32. The first-order valence-corrected chi connectivity index (χ1v) is 13.3. The number of ether oxygens (including phenoxy) is 1. The van der Waals surface area contributed by atoms with Crippen LogP contribution in [0, 0.1) is 0 Å². The minimum absolute atomic E-state index is 0.0214. The summed E-state index contributed by atoms with van der Waals surface area (Å²) in [6.45, 7) is 1.01. The van der Waals surface area contributed by atoms with E-state index in [1.54, 1.807) is 30.5 Å². The number of halogens is 7. The molecule has 2 N–H and O–H groups in total. The van der Waals surface area contributed by atoms with Gasteiger partial charge in [0.05, 0.1) is 11.3 Å². The molecule has 2 heterocycles. The lowest BCUT2D eigenvalue weighted by molar-refractivity contribution is -0.274. The lowest BCUT2D eigenvalue weighted by atomic mass is 10.0. The second-order valence-electron chi connectivity index (χ2n) is 9.69. The van der Waals surface area contributed by atoms with E-state index in [4.69, 9.17) is 11.6 Å². The van der Waals surface area contributed by atoms with E-state index >= 15 is 0 Å². The van der Waals surface area contributed by atoms with Gasteiger partial charge in [-0.2, -0.15) is 13.2 Å². The van der Waals surface area contributed by atoms with Gasteiger partial charge in [0.15, 0.2) is 0 Å². The highest BCUT2D eigenvalue weighted by Crippen LogP contribution is 2.37. The van der Waals surface area contributed by atoms with Gasteiger partial charge in [-0.15, -0.1) is 13.2 Å². The van der Waals surface area contributed by atoms with Crippen LogP contribution in [0.3, 0.4) is 0 Å². The predicted molar refractivity (Wildman–Crippen MR) is 150 cm³/mol. The number of nitrogens with zero attached hydrogens (tertiary/aromatic N) is 2. The fourth-order valence-electron chi connectivity index (χ4n) is 4.66. The van der Waals surface area contributed by atoms with Crippen LogP contribution < -0.4 is 20.3 Å². The normalized spacial score (nSPS) is 13.2. The van der Waals surface area contributed by atoms with Gasteiger partial charge in [0.1, 0.15) is 11.6 Å². The van der Waals surface area contributed by atoms with Crippen molar-refractivity contribution in [1.29, 1.82) is 0 Å². The molecule has 1 amide bonds. The third-order valence-electron chi connectivity index (χ3n) is 6.71. The van der Waals surface area contributed by atoms with Crippen LogP contribution in [-0.4, -0.2) is 30.3 Å². The zero-order chi connectivity index (χ0) is 30.8. The molecule has 0 fully saturated rings. The van der Waals surface area contributed by atoms with Crippen LogP contribution in [0.1, 0.15) is 27.0 Å². The van der Waals surface area contributed by atoms with Crippen LogP contribution >= 0.6 is 11.6 Å². The van der Waals surface area contributed by atoms with Crippen LogP contribution in [0.15, 0.2) is 79.0 Å². The van der Waals surface area contributed by atoms with E-state index in [0.29, 0.717) is 41.3 Å². The highest BCUT2D eigenvalue weighted by Gasteiger charge is 2.34. The predicted octanol–water partition coefficient (Wildman–Crippen LogP) is 7.68. The number of fused-ring (bicyclic) bond motifs is 1. The first kappa shape index (κ1) is 30.0. The second-order valence-corrected chi connectivity index (χ2v) is 10.1. The minimum atomic E-state index is -4.79. The minimum Gasteiger partial charge on any atom is -0.406 e. The Morgan fingerprint density at radius 1 is 0.953 bits per heavy atom. The molecule has 0 bridgehead atoms. The number of carbonyl (C=O) groups excluding carboxylic acids is 1. The summed E-state index contributed by atoms with van der Waals surface area (Å²) in [5.41, 5.74) is 2.31. The zero-order valence-corrected chi connectivity index (χ0v) is 22.9. The number of benzene rings is 3. The topological polar surface area (TPSA) is 66.5 Å². The number of aromatic nitrogens is 1. The Balaban J connectivity index is 1.28. The van der Waals surface area contributed by atoms with Crippen LogP contribution in [-0.2, 0) is 19.3 Å². The fourth-order valence-corrected chi connectivity index (χ4v) is 4.86. The van der Waals surface area contributed by atoms with E-state index < -0.39 is 18.1 Å². The van der Waals surface area contributed by atoms with Gasteiger partial charge in [-0.1, -0.05) is 35.9 Å². The quantitative estimate of drug-likeness (QED) is 0.208. The highest BCUT2D eigenvalue weighted by molar-refractivity contribution is 6.30. The molecule has 0 aliphatic carbocycles. The Hall–Kier alpha value is -4.45. The Morgan fingerprint density at radius 3 is 2.35 bits per heavy atom. The van der Waals surface area contributed by atoms with Crippen molar-refractivity contribution in [2.45, 2.75) is 25.6 Å². The zero-order valence-electron chi connectivity index (χ0n) is 22.2. The van der Waals surface area contributed by atoms with Gasteiger partial charge in [0, 0.05) is 48.5 Å². The maximum absolute atomic E-state index is 13.7. The molecule has 13 heteroatoms. The summed E-state index contributed by atoms with van der Waals surface area (Å²) in [4.78, 5) is 18.9. The van der Waals surface area contributed by atoms with E-state index in [9.17, 15) is 31.1 Å². The lowest BCUT2D eigenvalue weighted by Crippen LogP contribution is -2.34. The molecule has 0 unspecified atom stereocenters. The average molecular weight is 621 g/mol. The van der Waals surface area contributed by atoms with Crippen molar-refractivity contribution in [3.05, 3.63) is 106 Å². The van der Waals surface area contributed by atoms with E-state index in [1.165, 1.54) is 24.3 Å². The van der Waals surface area contributed by atoms with Gasteiger partial charge in [-0.3, -0.25) is 4.79 Å². The summed E-state index contributed by atoms with van der Waals surface area (Å²) in [5.74, 6) is -0.202. The molecule has 4 aromatic rings. The summed E-state index contributed by atoms with van der Waals surface area (Å²) < 4.78 is 81.8. The summed E-state index contributed by atoms with van der Waals surface area (Å²) >= 11 is 6.02. The second kappa shape index (κ2) is 12.0. The van der Waals surface area contributed by atoms with Gasteiger partial charge >= 0.3 is 12.5 Å². The molecule has 0 spiro atoms. The van der Waals surface area contributed by atoms with Crippen LogP contribution in [0.2, 0.25) is 5.02 Å². The van der Waals surface area contributed by atoms with Crippen molar-refractivity contribution in [2.75, 3.05) is 23.3 Å². The standard InChI is InChI=1S/C30H23ClF6N4O2/c31-23-7-10-25(29(32,33)34)22(13-23)17-41-12-11-38-27-26(41)14-21(16-39-27)19-3-5-20(6-4-19)28(42)40-15-18-1-8-24(9-2-18)43-30(35,36)37/h1-10,13-14,16H,11-12,15,17H2,(H,38,39)(H,40,42). The van der Waals surface area contributed by atoms with Gasteiger partial charge in [0.2, 0.25) is 0 Å². The van der Waals surface area contributed by atoms with Gasteiger partial charge < -0.3 is 20.3 Å². The first-order chi connectivity index (χ1) is 20.4. The molecule has 1 aliphatic rings. The molecule has 43 heavy (non-hydrogen) atoms. The van der Waals surface area contributed by atoms with Crippen molar-refractivity contribution < 1.29 is 35.9 Å². The molecule has 224 valence electrons. The number of nitrogens with one attached hydrogen (secondary N) is 2. The number of pyridine rings is 1. The van der Waals surface area contributed by atoms with E-state index in [0.717, 1.165) is 23.8 Å². The first-order valence-electron chi connectivity index (χ1n) is 12.9. The van der Waals surface area contributed by atoms with E-state index in [1.807, 2.05) is 11.0 Å². The molecule has 6 nitrogen and oxygen atoms in total. The van der Waals surface area contributed by atoms with Gasteiger partial charge in [-0.05, 0) is 65.2 Å². The molecule has 5 rings (SSSR count). The average Bonchev–Trinajstić information content (AvgIpc) is 2.95. The maximum Gasteiger partial charge on any atom is 0.573 e. The molecule has 0 saturated carbocycles. The molecule has 0 radical (unpaired) electrons. The van der Waals surface area contributed by atoms with Crippen molar-refractivity contribution in [1.82, 2.24) is 10.3 Å². The van der Waals surface area contributed by atoms with Crippen molar-refractivity contribution >= 4 is 29.0 Å². The molecular weight excluding hydrogens is 598 g/mol. The van der Waals surface area contributed by atoms with Crippen molar-refractivity contribution in [3.8, 4) is 16.9 Å². The number of carbonyl (C=O) groups is 1. The number of alkyl halides is 6. The van der Waals surface area contributed by atoms with Crippen LogP contribution in [0.5, 0.6) is 5.75 Å². The Labute approximate surface area is 247 Å². The number of anilines is 2. The van der Waals surface area contributed by atoms with Crippen LogP contribution in [0.25, 0.3) is 11.1 Å². The molecular formula is C30H23ClF6N4O2. The molecule has 3 aromatic carbocycles. The van der Waals surface area contributed by atoms with Gasteiger partial charge in [0.25, 0.3) is 5.91 Å². The number of amides is 1. The van der Waals surface area contributed by atoms with Crippen LogP contribution in [0.4, 0.5) is 37.8 Å². The molecule has 1 aliphatic heterocycles. The SMILES string of the molecule is O=C(NCc1ccc(OC(F)(F)F)cc1)c1ccc(-c2cnc3c(c2)N(Cc2cc(Cl)ccc2C(F)(F)F)CCN3)cc1. The summed E-state index contributed by atoms with van der Waals surface area (Å²) in [6, 6.07) is 17.2. The monoisotopic (exact) mass is 620 g/mol. The molecule has 1 aromatic heterocycles. The summed E-state index contributed by atoms with van der Waals surface area (Å²) in [5, 5.41) is 6.09. The fraction of sp³-hybridized carbons (Fsp3) is 0.200. The Bertz CT molecular complexity index is 1610. The van der Waals surface area contributed by atoms with E-state index in [2.05, 4.69) is 20.4 Å². The number of rotatable bonds is 7. The maximum atomic E-state index is 13.7. The molecule has 0 atom stereocenters. The van der Waals surface area contributed by atoms with Crippen molar-refractivity contribution in [3.63, 3.8) is 0 Å². The van der Waals surface area contributed by atoms with Gasteiger partial charge in [-0.25, -0.2) is 4.98 Å². The Morgan fingerprint density at radius 2 is 1.67 bits per heavy atom. The summed E-state index contributed by atoms with van der Waals surface area (Å²) in [6.07, 6.45) is -7.68. The van der Waals surface area contributed by atoms with E-state index in [-0.39, 0.29) is 35.3 Å². The summed E-state index contributed by atoms with van der Waals surface area (Å²) in [7, 11) is 0. The van der Waals surface area contributed by atoms with Crippen molar-refractivity contribution in [2.24, 2.45) is 0 Å². The smallest absolute Gasteiger partial charge is 0.406 e. The largest absolute Gasteiger partial charge is 0.573 e. The highest BCUT2D eigenvalue weighted by atomic mass is 35.5. The molecule has 0 saturated heterocycles. The number of hydrogen-bond acceptors (Lipinski definition) is 5. The number of hydrogen-bond donors (Lipinski definition) is 2. The third-order valence-corrected chi connectivity index (χ3v) is 6.94. The Kier molecular flexibility index (Phi) is 8.41.